The Hall–Kier alpha value is -1.10. The molecule has 2 aliphatic heterocycles. The molecule has 1 aromatic carbocycles. The Kier molecular flexibility index (Phi) is 5.24. The third kappa shape index (κ3) is 3.70. The van der Waals surface area contributed by atoms with Gasteiger partial charge in [0.15, 0.2) is 0 Å². The second-order valence-corrected chi connectivity index (χ2v) is 6.87. The largest absolute Gasteiger partial charge is 0.376 e. The van der Waals surface area contributed by atoms with E-state index < -0.39 is 6.10 Å². The van der Waals surface area contributed by atoms with Crippen molar-refractivity contribution in [1.82, 2.24) is 0 Å². The lowest BCUT2D eigenvalue weighted by Crippen LogP contribution is -2.43. The summed E-state index contributed by atoms with van der Waals surface area (Å²) in [7, 11) is 0. The smallest absolute Gasteiger partial charge is 0.255 e. The van der Waals surface area contributed by atoms with Crippen LogP contribution in [0.4, 0.5) is 5.69 Å². The van der Waals surface area contributed by atoms with Gasteiger partial charge >= 0.3 is 0 Å². The summed E-state index contributed by atoms with van der Waals surface area (Å²) in [6.45, 7) is 5.87. The maximum atomic E-state index is 12.8. The molecule has 5 heteroatoms. The van der Waals surface area contributed by atoms with E-state index in [1.165, 1.54) is 0 Å². The first-order valence-corrected chi connectivity index (χ1v) is 8.77. The average molecular weight is 338 g/mol. The number of fused-ring (bicyclic) bond motifs is 1. The van der Waals surface area contributed by atoms with Crippen LogP contribution in [0.3, 0.4) is 0 Å². The van der Waals surface area contributed by atoms with Gasteiger partial charge in [-0.25, -0.2) is 0 Å². The molecule has 126 valence electrons. The van der Waals surface area contributed by atoms with Crippen molar-refractivity contribution < 1.29 is 14.3 Å². The number of anilines is 1. The number of carbonyl (C=O) groups excluding carboxylic acids is 1. The van der Waals surface area contributed by atoms with Crippen LogP contribution in [0.2, 0.25) is 5.02 Å². The van der Waals surface area contributed by atoms with Crippen molar-refractivity contribution in [3.63, 3.8) is 0 Å². The SMILES string of the molecule is Cc1cc(Cl)cc2c1N(C(=O)C(C)OCC1CCCO1)CCC2. The predicted octanol–water partition coefficient (Wildman–Crippen LogP) is 3.51. The van der Waals surface area contributed by atoms with Crippen LogP contribution in [-0.2, 0) is 20.7 Å². The van der Waals surface area contributed by atoms with Gasteiger partial charge in [-0.2, -0.15) is 0 Å². The number of carbonyl (C=O) groups is 1. The molecule has 0 bridgehead atoms. The molecule has 1 amide bonds. The van der Waals surface area contributed by atoms with Crippen LogP contribution >= 0.6 is 11.6 Å². The van der Waals surface area contributed by atoms with Crippen molar-refractivity contribution >= 4 is 23.2 Å². The van der Waals surface area contributed by atoms with Crippen LogP contribution in [-0.4, -0.2) is 37.9 Å². The molecule has 3 rings (SSSR count). The van der Waals surface area contributed by atoms with Gasteiger partial charge in [0.1, 0.15) is 6.10 Å². The van der Waals surface area contributed by atoms with Gasteiger partial charge in [0, 0.05) is 23.9 Å². The van der Waals surface area contributed by atoms with E-state index in [0.29, 0.717) is 6.61 Å². The monoisotopic (exact) mass is 337 g/mol. The van der Waals surface area contributed by atoms with Crippen molar-refractivity contribution in [3.05, 3.63) is 28.3 Å². The Balaban J connectivity index is 1.70. The van der Waals surface area contributed by atoms with E-state index in [1.54, 1.807) is 0 Å². The van der Waals surface area contributed by atoms with Crippen LogP contribution in [0.15, 0.2) is 12.1 Å². The normalized spacial score (nSPS) is 22.0. The van der Waals surface area contributed by atoms with E-state index in [1.807, 2.05) is 30.9 Å². The van der Waals surface area contributed by atoms with Gasteiger partial charge in [-0.1, -0.05) is 11.6 Å². The van der Waals surface area contributed by atoms with Gasteiger partial charge in [0.05, 0.1) is 12.7 Å². The number of aryl methyl sites for hydroxylation is 2. The summed E-state index contributed by atoms with van der Waals surface area (Å²) in [5, 5.41) is 0.734. The highest BCUT2D eigenvalue weighted by Crippen LogP contribution is 2.34. The second kappa shape index (κ2) is 7.20. The first kappa shape index (κ1) is 16.7. The standard InChI is InChI=1S/C18H24ClNO3/c1-12-9-15(19)10-14-5-3-7-20(17(12)14)18(21)13(2)23-11-16-6-4-8-22-16/h9-10,13,16H,3-8,11H2,1-2H3. The molecule has 2 unspecified atom stereocenters. The molecule has 2 heterocycles. The summed E-state index contributed by atoms with van der Waals surface area (Å²) < 4.78 is 11.3. The minimum Gasteiger partial charge on any atom is -0.376 e. The van der Waals surface area contributed by atoms with Gasteiger partial charge in [-0.05, 0) is 62.8 Å². The highest BCUT2D eigenvalue weighted by Gasteiger charge is 2.29. The van der Waals surface area contributed by atoms with Crippen LogP contribution in [0.25, 0.3) is 0 Å². The van der Waals surface area contributed by atoms with Crippen molar-refractivity contribution in [3.8, 4) is 0 Å². The number of hydrogen-bond acceptors (Lipinski definition) is 3. The first-order valence-electron chi connectivity index (χ1n) is 8.40. The first-order chi connectivity index (χ1) is 11.1. The molecular weight excluding hydrogens is 314 g/mol. The van der Waals surface area contributed by atoms with Crippen molar-refractivity contribution in [2.45, 2.75) is 51.7 Å². The minimum atomic E-state index is -0.458. The molecule has 2 aliphatic rings. The van der Waals surface area contributed by atoms with Crippen LogP contribution in [0.1, 0.15) is 37.3 Å². The van der Waals surface area contributed by atoms with Crippen molar-refractivity contribution in [2.75, 3.05) is 24.7 Å². The number of rotatable bonds is 4. The Labute approximate surface area is 142 Å². The summed E-state index contributed by atoms with van der Waals surface area (Å²) >= 11 is 6.15. The number of hydrogen-bond donors (Lipinski definition) is 0. The van der Waals surface area contributed by atoms with Crippen LogP contribution in [0.5, 0.6) is 0 Å². The maximum Gasteiger partial charge on any atom is 0.255 e. The summed E-state index contributed by atoms with van der Waals surface area (Å²) in [4.78, 5) is 14.7. The van der Waals surface area contributed by atoms with Crippen molar-refractivity contribution in [2.24, 2.45) is 0 Å². The number of amides is 1. The number of halogens is 1. The minimum absolute atomic E-state index is 0.0226. The topological polar surface area (TPSA) is 38.8 Å². The van der Waals surface area contributed by atoms with Gasteiger partial charge in [0.2, 0.25) is 0 Å². The Morgan fingerprint density at radius 2 is 2.30 bits per heavy atom. The highest BCUT2D eigenvalue weighted by molar-refractivity contribution is 6.30. The summed E-state index contributed by atoms with van der Waals surface area (Å²) in [5.74, 6) is 0.0226. The third-order valence-corrected chi connectivity index (χ3v) is 4.83. The fraction of sp³-hybridized carbons (Fsp3) is 0.611. The van der Waals surface area contributed by atoms with E-state index in [9.17, 15) is 4.79 Å². The van der Waals surface area contributed by atoms with Gasteiger partial charge in [-0.15, -0.1) is 0 Å². The van der Waals surface area contributed by atoms with Gasteiger partial charge < -0.3 is 14.4 Å². The molecule has 1 fully saturated rings. The van der Waals surface area contributed by atoms with Crippen molar-refractivity contribution in [1.29, 1.82) is 0 Å². The molecule has 0 spiro atoms. The van der Waals surface area contributed by atoms with E-state index in [0.717, 1.165) is 60.7 Å². The maximum absolute atomic E-state index is 12.8. The lowest BCUT2D eigenvalue weighted by molar-refractivity contribution is -0.131. The zero-order valence-corrected chi connectivity index (χ0v) is 14.6. The molecule has 1 aromatic rings. The average Bonchev–Trinajstić information content (AvgIpc) is 3.04. The summed E-state index contributed by atoms with van der Waals surface area (Å²) in [6, 6.07) is 3.89. The molecule has 0 aromatic heterocycles. The van der Waals surface area contributed by atoms with E-state index in [2.05, 4.69) is 0 Å². The van der Waals surface area contributed by atoms with E-state index in [4.69, 9.17) is 21.1 Å². The quantitative estimate of drug-likeness (QED) is 0.844. The number of ether oxygens (including phenoxy) is 2. The molecule has 0 saturated carbocycles. The molecular formula is C18H24ClNO3. The number of nitrogens with zero attached hydrogens (tertiary/aromatic N) is 1. The predicted molar refractivity (Wildman–Crippen MR) is 91.3 cm³/mol. The van der Waals surface area contributed by atoms with Gasteiger partial charge in [-0.3, -0.25) is 4.79 Å². The lowest BCUT2D eigenvalue weighted by Gasteiger charge is -2.33. The van der Waals surface area contributed by atoms with E-state index in [-0.39, 0.29) is 12.0 Å². The van der Waals surface area contributed by atoms with E-state index >= 15 is 0 Å². The third-order valence-electron chi connectivity index (χ3n) is 4.61. The second-order valence-electron chi connectivity index (χ2n) is 6.43. The number of benzene rings is 1. The zero-order chi connectivity index (χ0) is 16.4. The van der Waals surface area contributed by atoms with Crippen LogP contribution < -0.4 is 4.90 Å². The molecule has 0 radical (unpaired) electrons. The molecule has 0 aliphatic carbocycles. The molecule has 23 heavy (non-hydrogen) atoms. The highest BCUT2D eigenvalue weighted by atomic mass is 35.5. The summed E-state index contributed by atoms with van der Waals surface area (Å²) in [5.41, 5.74) is 3.21. The molecule has 2 atom stereocenters. The Morgan fingerprint density at radius 3 is 3.04 bits per heavy atom. The molecule has 1 saturated heterocycles. The fourth-order valence-electron chi connectivity index (χ4n) is 3.46. The zero-order valence-electron chi connectivity index (χ0n) is 13.8. The molecule has 0 N–H and O–H groups in total. The summed E-state index contributed by atoms with van der Waals surface area (Å²) in [6.07, 6.45) is 3.70. The Bertz CT molecular complexity index is 584. The molecule has 4 nitrogen and oxygen atoms in total. The van der Waals surface area contributed by atoms with Crippen LogP contribution in [0, 0.1) is 6.92 Å². The fourth-order valence-corrected chi connectivity index (χ4v) is 3.76. The lowest BCUT2D eigenvalue weighted by atomic mass is 9.97. The Morgan fingerprint density at radius 1 is 1.48 bits per heavy atom. The van der Waals surface area contributed by atoms with Gasteiger partial charge in [0.25, 0.3) is 5.91 Å².